The number of nitrogens with zero attached hydrogens (tertiary/aromatic N) is 1. The molecule has 3 rings (SSSR count). The smallest absolute Gasteiger partial charge is 0.226 e. The number of rotatable bonds is 8. The predicted molar refractivity (Wildman–Crippen MR) is 113 cm³/mol. The van der Waals surface area contributed by atoms with Gasteiger partial charge in [0, 0.05) is 17.4 Å². The molecule has 0 radical (unpaired) electrons. The van der Waals surface area contributed by atoms with Gasteiger partial charge in [-0.25, -0.2) is 4.98 Å². The van der Waals surface area contributed by atoms with Crippen molar-refractivity contribution in [1.29, 1.82) is 0 Å². The van der Waals surface area contributed by atoms with Gasteiger partial charge in [-0.3, -0.25) is 4.79 Å². The number of hydrogen-bond donors (Lipinski definition) is 1. The Kier molecular flexibility index (Phi) is 6.66. The van der Waals surface area contributed by atoms with Gasteiger partial charge >= 0.3 is 0 Å². The second-order valence-corrected chi connectivity index (χ2v) is 7.35. The van der Waals surface area contributed by atoms with Crippen LogP contribution < -0.4 is 14.8 Å². The van der Waals surface area contributed by atoms with Crippen molar-refractivity contribution in [3.8, 4) is 22.8 Å². The first-order chi connectivity index (χ1) is 13.6. The summed E-state index contributed by atoms with van der Waals surface area (Å²) >= 11 is 1.43. The van der Waals surface area contributed by atoms with E-state index in [1.807, 2.05) is 29.6 Å². The molecule has 0 spiro atoms. The van der Waals surface area contributed by atoms with Crippen LogP contribution in [0, 0.1) is 13.8 Å². The number of amides is 1. The third-order valence-electron chi connectivity index (χ3n) is 4.43. The molecule has 1 N–H and O–H groups in total. The molecule has 28 heavy (non-hydrogen) atoms. The highest BCUT2D eigenvalue weighted by molar-refractivity contribution is 7.14. The fourth-order valence-corrected chi connectivity index (χ4v) is 3.44. The molecule has 1 heterocycles. The number of anilines is 1. The van der Waals surface area contributed by atoms with Crippen molar-refractivity contribution in [2.45, 2.75) is 26.7 Å². The number of carbonyl (C=O) groups excluding carboxylic acids is 1. The Morgan fingerprint density at radius 1 is 1.11 bits per heavy atom. The fraction of sp³-hybridized carbons (Fsp3) is 0.273. The summed E-state index contributed by atoms with van der Waals surface area (Å²) in [6, 6.07) is 13.7. The lowest BCUT2D eigenvalue weighted by Gasteiger charge is -2.09. The predicted octanol–water partition coefficient (Wildman–Crippen LogP) is 5.23. The molecule has 146 valence electrons. The molecular formula is C22H24N2O3S. The number of aryl methyl sites for hydroxylation is 2. The Labute approximate surface area is 169 Å². The molecule has 0 saturated heterocycles. The van der Waals surface area contributed by atoms with Crippen molar-refractivity contribution in [3.63, 3.8) is 0 Å². The Morgan fingerprint density at radius 2 is 1.89 bits per heavy atom. The molecule has 2 aromatic carbocycles. The lowest BCUT2D eigenvalue weighted by atomic mass is 10.1. The average molecular weight is 397 g/mol. The van der Waals surface area contributed by atoms with Crippen LogP contribution in [0.5, 0.6) is 11.5 Å². The molecule has 0 saturated carbocycles. The van der Waals surface area contributed by atoms with Gasteiger partial charge in [0.25, 0.3) is 0 Å². The second kappa shape index (κ2) is 9.37. The van der Waals surface area contributed by atoms with Gasteiger partial charge in [0.15, 0.2) is 16.6 Å². The van der Waals surface area contributed by atoms with E-state index in [9.17, 15) is 4.79 Å². The molecular weight excluding hydrogens is 372 g/mol. The lowest BCUT2D eigenvalue weighted by Crippen LogP contribution is -2.12. The van der Waals surface area contributed by atoms with E-state index >= 15 is 0 Å². The van der Waals surface area contributed by atoms with Crippen molar-refractivity contribution in [2.75, 3.05) is 19.0 Å². The molecule has 0 aliphatic rings. The van der Waals surface area contributed by atoms with E-state index in [4.69, 9.17) is 9.47 Å². The number of hydrogen-bond acceptors (Lipinski definition) is 5. The maximum absolute atomic E-state index is 12.2. The summed E-state index contributed by atoms with van der Waals surface area (Å²) in [5.41, 5.74) is 4.42. The number of para-hydroxylation sites is 2. The molecule has 0 unspecified atom stereocenters. The first-order valence-electron chi connectivity index (χ1n) is 9.15. The van der Waals surface area contributed by atoms with E-state index in [1.165, 1.54) is 22.5 Å². The van der Waals surface area contributed by atoms with Crippen LogP contribution in [-0.4, -0.2) is 24.6 Å². The van der Waals surface area contributed by atoms with Gasteiger partial charge in [-0.15, -0.1) is 11.3 Å². The molecule has 0 fully saturated rings. The molecule has 0 atom stereocenters. The summed E-state index contributed by atoms with van der Waals surface area (Å²) in [5, 5.41) is 5.45. The summed E-state index contributed by atoms with van der Waals surface area (Å²) in [4.78, 5) is 16.7. The monoisotopic (exact) mass is 396 g/mol. The van der Waals surface area contributed by atoms with E-state index in [2.05, 4.69) is 42.3 Å². The molecule has 1 amide bonds. The highest BCUT2D eigenvalue weighted by Crippen LogP contribution is 2.27. The summed E-state index contributed by atoms with van der Waals surface area (Å²) in [6.45, 7) is 4.62. The highest BCUT2D eigenvalue weighted by atomic mass is 32.1. The van der Waals surface area contributed by atoms with Crippen LogP contribution in [-0.2, 0) is 4.79 Å². The zero-order chi connectivity index (χ0) is 19.9. The molecule has 1 aromatic heterocycles. The van der Waals surface area contributed by atoms with Crippen molar-refractivity contribution in [1.82, 2.24) is 4.98 Å². The minimum absolute atomic E-state index is 0.0652. The molecule has 5 nitrogen and oxygen atoms in total. The van der Waals surface area contributed by atoms with Crippen LogP contribution in [0.25, 0.3) is 11.3 Å². The topological polar surface area (TPSA) is 60.5 Å². The van der Waals surface area contributed by atoms with Crippen molar-refractivity contribution >= 4 is 22.4 Å². The van der Waals surface area contributed by atoms with E-state index in [-0.39, 0.29) is 5.91 Å². The van der Waals surface area contributed by atoms with Gasteiger partial charge in [0.1, 0.15) is 0 Å². The van der Waals surface area contributed by atoms with E-state index in [0.29, 0.717) is 36.1 Å². The van der Waals surface area contributed by atoms with Crippen LogP contribution in [0.2, 0.25) is 0 Å². The molecule has 3 aromatic rings. The Bertz CT molecular complexity index is 952. The molecule has 0 bridgehead atoms. The van der Waals surface area contributed by atoms with Gasteiger partial charge in [-0.2, -0.15) is 0 Å². The third kappa shape index (κ3) is 5.10. The van der Waals surface area contributed by atoms with Gasteiger partial charge in [0.2, 0.25) is 5.91 Å². The number of carbonyl (C=O) groups is 1. The lowest BCUT2D eigenvalue weighted by molar-refractivity contribution is -0.116. The van der Waals surface area contributed by atoms with E-state index in [0.717, 1.165) is 11.3 Å². The van der Waals surface area contributed by atoms with Crippen molar-refractivity contribution in [3.05, 3.63) is 59.0 Å². The number of benzene rings is 2. The zero-order valence-electron chi connectivity index (χ0n) is 16.3. The molecule has 6 heteroatoms. The van der Waals surface area contributed by atoms with E-state index in [1.54, 1.807) is 7.11 Å². The number of ether oxygens (including phenoxy) is 2. The summed E-state index contributed by atoms with van der Waals surface area (Å²) in [5.74, 6) is 1.31. The third-order valence-corrected chi connectivity index (χ3v) is 5.19. The van der Waals surface area contributed by atoms with Gasteiger partial charge in [-0.05, 0) is 49.6 Å². The second-order valence-electron chi connectivity index (χ2n) is 6.49. The van der Waals surface area contributed by atoms with Crippen LogP contribution in [0.1, 0.15) is 24.0 Å². The van der Waals surface area contributed by atoms with Gasteiger partial charge in [0.05, 0.1) is 19.4 Å². The summed E-state index contributed by atoms with van der Waals surface area (Å²) in [7, 11) is 1.61. The quantitative estimate of drug-likeness (QED) is 0.530. The minimum atomic E-state index is -0.0652. The number of aromatic nitrogens is 1. The zero-order valence-corrected chi connectivity index (χ0v) is 17.1. The normalized spacial score (nSPS) is 10.5. The van der Waals surface area contributed by atoms with Gasteiger partial charge < -0.3 is 14.8 Å². The summed E-state index contributed by atoms with van der Waals surface area (Å²) in [6.07, 6.45) is 0.979. The molecule has 0 aliphatic heterocycles. The first kappa shape index (κ1) is 19.9. The number of nitrogens with one attached hydrogen (secondary N) is 1. The first-order valence-corrected chi connectivity index (χ1v) is 10.0. The number of thiazole rings is 1. The minimum Gasteiger partial charge on any atom is -0.493 e. The maximum Gasteiger partial charge on any atom is 0.226 e. The maximum atomic E-state index is 12.2. The Balaban J connectivity index is 1.47. The van der Waals surface area contributed by atoms with Crippen molar-refractivity contribution < 1.29 is 14.3 Å². The standard InChI is InChI=1S/C22H24N2O3S/c1-15-10-11-17(13-16(15)2)18-14-28-22(23-18)24-21(25)9-6-12-27-20-8-5-4-7-19(20)26-3/h4-5,7-8,10-11,13-14H,6,9,12H2,1-3H3,(H,23,24,25). The number of methoxy groups -OCH3 is 1. The Hall–Kier alpha value is -2.86. The van der Waals surface area contributed by atoms with Crippen LogP contribution >= 0.6 is 11.3 Å². The highest BCUT2D eigenvalue weighted by Gasteiger charge is 2.09. The average Bonchev–Trinajstić information content (AvgIpc) is 3.16. The van der Waals surface area contributed by atoms with Gasteiger partial charge in [-0.1, -0.05) is 24.3 Å². The van der Waals surface area contributed by atoms with Crippen LogP contribution in [0.3, 0.4) is 0 Å². The SMILES string of the molecule is COc1ccccc1OCCCC(=O)Nc1nc(-c2ccc(C)c(C)c2)cs1. The van der Waals surface area contributed by atoms with Crippen LogP contribution in [0.15, 0.2) is 47.8 Å². The van der Waals surface area contributed by atoms with E-state index < -0.39 is 0 Å². The van der Waals surface area contributed by atoms with Crippen molar-refractivity contribution in [2.24, 2.45) is 0 Å². The fourth-order valence-electron chi connectivity index (χ4n) is 2.70. The largest absolute Gasteiger partial charge is 0.493 e. The molecule has 0 aliphatic carbocycles. The van der Waals surface area contributed by atoms with Crippen LogP contribution in [0.4, 0.5) is 5.13 Å². The Morgan fingerprint density at radius 3 is 2.64 bits per heavy atom. The summed E-state index contributed by atoms with van der Waals surface area (Å²) < 4.78 is 10.9.